The fourth-order valence-electron chi connectivity index (χ4n) is 4.48. The van der Waals surface area contributed by atoms with Gasteiger partial charge in [0.05, 0.1) is 22.8 Å². The molecule has 1 fully saturated rings. The molecule has 0 aliphatic carbocycles. The normalized spacial score (nSPS) is 14.9. The van der Waals surface area contributed by atoms with Crippen LogP contribution < -0.4 is 10.9 Å². The lowest BCUT2D eigenvalue weighted by Gasteiger charge is -2.24. The molecule has 7 nitrogen and oxygen atoms in total. The fraction of sp³-hybridized carbons (Fsp3) is 0.464. The van der Waals surface area contributed by atoms with Crippen LogP contribution in [0.4, 0.5) is 0 Å². The number of aryl methyl sites for hydroxylation is 1. The first-order valence-corrected chi connectivity index (χ1v) is 12.2. The Morgan fingerprint density at radius 1 is 1.17 bits per heavy atom. The molecule has 4 rings (SSSR count). The number of hydrogen-bond acceptors (Lipinski definition) is 5. The summed E-state index contributed by atoms with van der Waals surface area (Å²) in [5.41, 5.74) is 5.31. The maximum atomic E-state index is 13.4. The average Bonchev–Trinajstić information content (AvgIpc) is 2.87. The van der Waals surface area contributed by atoms with Gasteiger partial charge in [-0.05, 0) is 87.4 Å². The van der Waals surface area contributed by atoms with Crippen LogP contribution in [-0.2, 0) is 15.9 Å². The van der Waals surface area contributed by atoms with Crippen molar-refractivity contribution in [3.8, 4) is 0 Å². The highest BCUT2D eigenvalue weighted by molar-refractivity contribution is 5.94. The van der Waals surface area contributed by atoms with Gasteiger partial charge in [0.1, 0.15) is 0 Å². The zero-order chi connectivity index (χ0) is 25.2. The molecule has 1 aliphatic rings. The Bertz CT molecular complexity index is 1270. The van der Waals surface area contributed by atoms with E-state index in [4.69, 9.17) is 9.47 Å². The summed E-state index contributed by atoms with van der Waals surface area (Å²) in [6.07, 6.45) is 4.03. The van der Waals surface area contributed by atoms with Crippen LogP contribution in [0.3, 0.4) is 0 Å². The van der Waals surface area contributed by atoms with Crippen LogP contribution in [0.2, 0.25) is 0 Å². The Balaban J connectivity index is 1.58. The number of nitrogens with zero attached hydrogens (tertiary/aromatic N) is 2. The van der Waals surface area contributed by atoms with Crippen LogP contribution in [0.25, 0.3) is 10.9 Å². The quantitative estimate of drug-likeness (QED) is 0.554. The first kappa shape index (κ1) is 25.1. The lowest BCUT2D eigenvalue weighted by Crippen LogP contribution is -2.39. The average molecular weight is 478 g/mol. The standard InChI is InChI=1S/C28H35N3O4/c1-18-19(2)25-24(27(33)31(17-30-25)23-10-12-35-13-11-23)15-22(18)14-20-6-8-21(9-7-20)26(32)29-16-28(3,4)34-5/h6-9,15,17,23H,10-14,16H2,1-5H3,(H,29,32). The minimum Gasteiger partial charge on any atom is -0.381 e. The number of hydrogen-bond donors (Lipinski definition) is 1. The van der Waals surface area contributed by atoms with Gasteiger partial charge in [0.2, 0.25) is 0 Å². The Morgan fingerprint density at radius 3 is 2.51 bits per heavy atom. The second kappa shape index (κ2) is 10.3. The van der Waals surface area contributed by atoms with Gasteiger partial charge in [0.25, 0.3) is 11.5 Å². The van der Waals surface area contributed by atoms with Gasteiger partial charge >= 0.3 is 0 Å². The second-order valence-corrected chi connectivity index (χ2v) is 10.0. The molecule has 1 amide bonds. The SMILES string of the molecule is COC(C)(C)CNC(=O)c1ccc(Cc2cc3c(=O)n(C4CCOCC4)cnc3c(C)c2C)cc1. The first-order chi connectivity index (χ1) is 16.7. The predicted octanol–water partition coefficient (Wildman–Crippen LogP) is 4.11. The van der Waals surface area contributed by atoms with Gasteiger partial charge < -0.3 is 14.8 Å². The minimum absolute atomic E-state index is 0.0113. The van der Waals surface area contributed by atoms with E-state index in [2.05, 4.69) is 17.2 Å². The molecule has 0 unspecified atom stereocenters. The summed E-state index contributed by atoms with van der Waals surface area (Å²) < 4.78 is 12.6. The van der Waals surface area contributed by atoms with Crippen molar-refractivity contribution in [1.82, 2.24) is 14.9 Å². The van der Waals surface area contributed by atoms with Gasteiger partial charge in [-0.2, -0.15) is 0 Å². The number of fused-ring (bicyclic) bond motifs is 1. The zero-order valence-electron chi connectivity index (χ0n) is 21.3. The van der Waals surface area contributed by atoms with E-state index in [0.29, 0.717) is 37.1 Å². The van der Waals surface area contributed by atoms with Crippen molar-refractivity contribution >= 4 is 16.8 Å². The number of rotatable bonds is 7. The van der Waals surface area contributed by atoms with Crippen molar-refractivity contribution < 1.29 is 14.3 Å². The summed E-state index contributed by atoms with van der Waals surface area (Å²) in [5, 5.41) is 3.58. The minimum atomic E-state index is -0.417. The maximum Gasteiger partial charge on any atom is 0.261 e. The van der Waals surface area contributed by atoms with Crippen LogP contribution in [0.1, 0.15) is 65.3 Å². The number of carbonyl (C=O) groups is 1. The molecule has 2 aromatic carbocycles. The molecule has 3 aromatic rings. The summed E-state index contributed by atoms with van der Waals surface area (Å²) in [4.78, 5) is 30.6. The molecule has 0 spiro atoms. The van der Waals surface area contributed by atoms with Gasteiger partial charge in [-0.25, -0.2) is 4.98 Å². The number of aromatic nitrogens is 2. The molecular formula is C28H35N3O4. The van der Waals surface area contributed by atoms with Crippen molar-refractivity contribution in [3.63, 3.8) is 0 Å². The Hall–Kier alpha value is -3.03. The highest BCUT2D eigenvalue weighted by atomic mass is 16.5. The van der Waals surface area contributed by atoms with Gasteiger partial charge in [0.15, 0.2) is 0 Å². The number of methoxy groups -OCH3 is 1. The lowest BCUT2D eigenvalue weighted by atomic mass is 9.94. The molecule has 0 bridgehead atoms. The van der Waals surface area contributed by atoms with Crippen molar-refractivity contribution in [1.29, 1.82) is 0 Å². The number of nitrogens with one attached hydrogen (secondary N) is 1. The van der Waals surface area contributed by atoms with E-state index in [0.717, 1.165) is 40.6 Å². The van der Waals surface area contributed by atoms with Gasteiger partial charge in [0, 0.05) is 38.5 Å². The summed E-state index contributed by atoms with van der Waals surface area (Å²) >= 11 is 0. The number of carbonyl (C=O) groups excluding carboxylic acids is 1. The predicted molar refractivity (Wildman–Crippen MR) is 137 cm³/mol. The molecular weight excluding hydrogens is 442 g/mol. The molecule has 0 radical (unpaired) electrons. The molecule has 1 N–H and O–H groups in total. The van der Waals surface area contributed by atoms with Gasteiger partial charge in [-0.15, -0.1) is 0 Å². The Morgan fingerprint density at radius 2 is 1.86 bits per heavy atom. The number of benzene rings is 2. The van der Waals surface area contributed by atoms with Gasteiger partial charge in [-0.1, -0.05) is 12.1 Å². The topological polar surface area (TPSA) is 82.5 Å². The highest BCUT2D eigenvalue weighted by Gasteiger charge is 2.20. The van der Waals surface area contributed by atoms with Gasteiger partial charge in [-0.3, -0.25) is 14.2 Å². The van der Waals surface area contributed by atoms with Crippen molar-refractivity contribution in [3.05, 3.63) is 74.8 Å². The molecule has 0 atom stereocenters. The van der Waals surface area contributed by atoms with Crippen LogP contribution in [0.5, 0.6) is 0 Å². The van der Waals surface area contributed by atoms with E-state index < -0.39 is 5.60 Å². The van der Waals surface area contributed by atoms with E-state index in [-0.39, 0.29) is 17.5 Å². The molecule has 35 heavy (non-hydrogen) atoms. The third-order valence-electron chi connectivity index (χ3n) is 7.17. The highest BCUT2D eigenvalue weighted by Crippen LogP contribution is 2.25. The molecule has 1 saturated heterocycles. The molecule has 0 saturated carbocycles. The van der Waals surface area contributed by atoms with E-state index >= 15 is 0 Å². The molecule has 1 aliphatic heterocycles. The van der Waals surface area contributed by atoms with E-state index in [1.807, 2.05) is 51.1 Å². The lowest BCUT2D eigenvalue weighted by molar-refractivity contribution is 0.0229. The third kappa shape index (κ3) is 5.46. The molecule has 186 valence electrons. The molecule has 2 heterocycles. The summed E-state index contributed by atoms with van der Waals surface area (Å²) in [7, 11) is 1.63. The van der Waals surface area contributed by atoms with Crippen LogP contribution >= 0.6 is 0 Å². The summed E-state index contributed by atoms with van der Waals surface area (Å²) in [5.74, 6) is -0.126. The van der Waals surface area contributed by atoms with Crippen molar-refractivity contribution in [2.24, 2.45) is 0 Å². The monoisotopic (exact) mass is 477 g/mol. The van der Waals surface area contributed by atoms with Crippen molar-refractivity contribution in [2.45, 2.75) is 58.6 Å². The number of amides is 1. The zero-order valence-corrected chi connectivity index (χ0v) is 21.3. The van der Waals surface area contributed by atoms with Crippen LogP contribution in [0, 0.1) is 13.8 Å². The summed E-state index contributed by atoms with van der Waals surface area (Å²) in [6.45, 7) is 9.74. The number of ether oxygens (including phenoxy) is 2. The third-order valence-corrected chi connectivity index (χ3v) is 7.17. The van der Waals surface area contributed by atoms with Crippen molar-refractivity contribution in [2.75, 3.05) is 26.9 Å². The van der Waals surface area contributed by atoms with E-state index in [1.165, 1.54) is 0 Å². The van der Waals surface area contributed by atoms with E-state index in [1.54, 1.807) is 18.0 Å². The molecule has 1 aromatic heterocycles. The Kier molecular flexibility index (Phi) is 7.38. The Labute approximate surface area is 206 Å². The smallest absolute Gasteiger partial charge is 0.261 e. The van der Waals surface area contributed by atoms with Crippen LogP contribution in [0.15, 0.2) is 41.5 Å². The first-order valence-electron chi connectivity index (χ1n) is 12.2. The largest absolute Gasteiger partial charge is 0.381 e. The fourth-order valence-corrected chi connectivity index (χ4v) is 4.48. The van der Waals surface area contributed by atoms with Crippen LogP contribution in [-0.4, -0.2) is 47.9 Å². The summed E-state index contributed by atoms with van der Waals surface area (Å²) in [6, 6.07) is 9.75. The second-order valence-electron chi connectivity index (χ2n) is 10.0. The van der Waals surface area contributed by atoms with E-state index in [9.17, 15) is 9.59 Å². The molecule has 7 heteroatoms. The maximum absolute atomic E-state index is 13.4.